The number of fused-ring (bicyclic) bond motifs is 2. The van der Waals surface area contributed by atoms with Crippen LogP contribution in [0.5, 0.6) is 0 Å². The first kappa shape index (κ1) is 11.4. The summed E-state index contributed by atoms with van der Waals surface area (Å²) in [6.45, 7) is 0. The van der Waals surface area contributed by atoms with Crippen molar-refractivity contribution in [2.45, 2.75) is 12.8 Å². The monoisotopic (exact) mass is 249 g/mol. The van der Waals surface area contributed by atoms with Crippen LogP contribution in [0.25, 0.3) is 0 Å². The molecule has 3 atom stereocenters. The number of hydrogen-bond acceptors (Lipinski definition) is 1. The average Bonchev–Trinajstić information content (AvgIpc) is 2.96. The van der Waals surface area contributed by atoms with Gasteiger partial charge < -0.3 is 5.32 Å². The zero-order valence-corrected chi connectivity index (χ0v) is 9.70. The van der Waals surface area contributed by atoms with E-state index in [1.54, 1.807) is 0 Å². The van der Waals surface area contributed by atoms with Gasteiger partial charge in [0.25, 0.3) is 0 Å². The number of amides is 1. The molecule has 0 aliphatic heterocycles. The molecule has 1 saturated carbocycles. The van der Waals surface area contributed by atoms with E-state index in [1.807, 2.05) is 0 Å². The second-order valence-corrected chi connectivity index (χ2v) is 5.00. The van der Waals surface area contributed by atoms with Gasteiger partial charge >= 0.3 is 0 Å². The minimum Gasteiger partial charge on any atom is -0.323 e. The lowest BCUT2D eigenvalue weighted by Gasteiger charge is -2.17. The standard InChI is InChI=1S/C14H13F2NO/c15-10-3-4-12(16)13(7-10)17-14(18)11-6-8-1-2-9(11)5-8/h1-4,7-9,11H,5-6H2,(H,17,18). The van der Waals surface area contributed by atoms with Crippen molar-refractivity contribution < 1.29 is 13.6 Å². The summed E-state index contributed by atoms with van der Waals surface area (Å²) in [5, 5.41) is 2.49. The van der Waals surface area contributed by atoms with Gasteiger partial charge in [-0.25, -0.2) is 8.78 Å². The Morgan fingerprint density at radius 3 is 2.72 bits per heavy atom. The van der Waals surface area contributed by atoms with Gasteiger partial charge in [0.2, 0.25) is 5.91 Å². The molecule has 3 rings (SSSR count). The highest BCUT2D eigenvalue weighted by molar-refractivity contribution is 5.93. The summed E-state index contributed by atoms with van der Waals surface area (Å²) in [6.07, 6.45) is 6.01. The topological polar surface area (TPSA) is 29.1 Å². The molecule has 0 spiro atoms. The Hall–Kier alpha value is -1.71. The summed E-state index contributed by atoms with van der Waals surface area (Å²) in [4.78, 5) is 12.0. The van der Waals surface area contributed by atoms with Crippen LogP contribution in [0, 0.1) is 29.4 Å². The number of allylic oxidation sites excluding steroid dienone is 2. The smallest absolute Gasteiger partial charge is 0.228 e. The van der Waals surface area contributed by atoms with Crippen LogP contribution in [0.15, 0.2) is 30.4 Å². The summed E-state index contributed by atoms with van der Waals surface area (Å²) in [5.41, 5.74) is -0.0771. The fourth-order valence-electron chi connectivity index (χ4n) is 2.90. The fraction of sp³-hybridized carbons (Fsp3) is 0.357. The van der Waals surface area contributed by atoms with Crippen LogP contribution in [0.1, 0.15) is 12.8 Å². The van der Waals surface area contributed by atoms with Crippen LogP contribution < -0.4 is 5.32 Å². The van der Waals surface area contributed by atoms with Gasteiger partial charge in [0, 0.05) is 12.0 Å². The molecule has 18 heavy (non-hydrogen) atoms. The van der Waals surface area contributed by atoms with Crippen molar-refractivity contribution in [2.75, 3.05) is 5.32 Å². The van der Waals surface area contributed by atoms with Crippen molar-refractivity contribution in [3.8, 4) is 0 Å². The summed E-state index contributed by atoms with van der Waals surface area (Å²) in [5.74, 6) is -0.753. The van der Waals surface area contributed by atoms with Crippen molar-refractivity contribution >= 4 is 11.6 Å². The van der Waals surface area contributed by atoms with E-state index in [4.69, 9.17) is 0 Å². The van der Waals surface area contributed by atoms with Gasteiger partial charge in [-0.2, -0.15) is 0 Å². The zero-order chi connectivity index (χ0) is 12.7. The molecule has 2 nitrogen and oxygen atoms in total. The van der Waals surface area contributed by atoms with E-state index in [9.17, 15) is 13.6 Å². The largest absolute Gasteiger partial charge is 0.323 e. The van der Waals surface area contributed by atoms with Crippen molar-refractivity contribution in [3.05, 3.63) is 42.0 Å². The van der Waals surface area contributed by atoms with Crippen molar-refractivity contribution in [2.24, 2.45) is 17.8 Å². The highest BCUT2D eigenvalue weighted by Crippen LogP contribution is 2.43. The Morgan fingerprint density at radius 2 is 2.06 bits per heavy atom. The van der Waals surface area contributed by atoms with Crippen LogP contribution in [0.4, 0.5) is 14.5 Å². The quantitative estimate of drug-likeness (QED) is 0.802. The van der Waals surface area contributed by atoms with E-state index in [2.05, 4.69) is 17.5 Å². The second-order valence-electron chi connectivity index (χ2n) is 5.00. The number of rotatable bonds is 2. The van der Waals surface area contributed by atoms with Gasteiger partial charge in [0.15, 0.2) is 0 Å². The molecule has 3 unspecified atom stereocenters. The first-order valence-corrected chi connectivity index (χ1v) is 6.08. The van der Waals surface area contributed by atoms with E-state index >= 15 is 0 Å². The van der Waals surface area contributed by atoms with Crippen LogP contribution in [-0.2, 0) is 4.79 Å². The molecule has 1 N–H and O–H groups in total. The Labute approximate surface area is 104 Å². The van der Waals surface area contributed by atoms with Crippen LogP contribution in [0.3, 0.4) is 0 Å². The highest BCUT2D eigenvalue weighted by Gasteiger charge is 2.39. The van der Waals surface area contributed by atoms with E-state index in [1.165, 1.54) is 0 Å². The first-order chi connectivity index (χ1) is 8.63. The summed E-state index contributed by atoms with van der Waals surface area (Å²) in [6, 6.07) is 3.06. The summed E-state index contributed by atoms with van der Waals surface area (Å²) >= 11 is 0. The number of halogens is 2. The number of benzene rings is 1. The van der Waals surface area contributed by atoms with Crippen molar-refractivity contribution in [1.82, 2.24) is 0 Å². The third-order valence-corrected chi connectivity index (χ3v) is 3.80. The fourth-order valence-corrected chi connectivity index (χ4v) is 2.90. The molecule has 0 heterocycles. The van der Waals surface area contributed by atoms with Gasteiger partial charge in [-0.3, -0.25) is 4.79 Å². The maximum Gasteiger partial charge on any atom is 0.228 e. The van der Waals surface area contributed by atoms with Gasteiger partial charge in [-0.1, -0.05) is 12.2 Å². The second kappa shape index (κ2) is 4.19. The third kappa shape index (κ3) is 1.92. The Kier molecular flexibility index (Phi) is 2.65. The first-order valence-electron chi connectivity index (χ1n) is 6.08. The molecule has 0 radical (unpaired) electrons. The zero-order valence-electron chi connectivity index (χ0n) is 9.70. The molecule has 1 aromatic rings. The predicted molar refractivity (Wildman–Crippen MR) is 63.8 cm³/mol. The molecule has 1 aromatic carbocycles. The van der Waals surface area contributed by atoms with Gasteiger partial charge in [0.05, 0.1) is 5.69 Å². The molecule has 4 heteroatoms. The van der Waals surface area contributed by atoms with Crippen LogP contribution >= 0.6 is 0 Å². The molecule has 0 aromatic heterocycles. The molecule has 2 bridgehead atoms. The predicted octanol–water partition coefficient (Wildman–Crippen LogP) is 3.12. The molecule has 1 amide bonds. The SMILES string of the molecule is O=C(Nc1cc(F)ccc1F)C1CC2C=CC1C2. The molecule has 1 fully saturated rings. The maximum atomic E-state index is 13.4. The van der Waals surface area contributed by atoms with Crippen LogP contribution in [-0.4, -0.2) is 5.91 Å². The van der Waals surface area contributed by atoms with Gasteiger partial charge in [0.1, 0.15) is 11.6 Å². The Bertz CT molecular complexity index is 527. The lowest BCUT2D eigenvalue weighted by atomic mass is 9.93. The minimum absolute atomic E-state index is 0.0771. The number of hydrogen-bond donors (Lipinski definition) is 1. The van der Waals surface area contributed by atoms with Gasteiger partial charge in [-0.15, -0.1) is 0 Å². The van der Waals surface area contributed by atoms with Crippen molar-refractivity contribution in [3.63, 3.8) is 0 Å². The molecular weight excluding hydrogens is 236 g/mol. The van der Waals surface area contributed by atoms with Crippen LogP contribution in [0.2, 0.25) is 0 Å². The Morgan fingerprint density at radius 1 is 1.22 bits per heavy atom. The average molecular weight is 249 g/mol. The number of anilines is 1. The van der Waals surface area contributed by atoms with Gasteiger partial charge in [-0.05, 0) is 36.8 Å². The molecule has 0 saturated heterocycles. The minimum atomic E-state index is -0.608. The number of carbonyl (C=O) groups excluding carboxylic acids is 1. The number of nitrogens with one attached hydrogen (secondary N) is 1. The lowest BCUT2D eigenvalue weighted by Crippen LogP contribution is -2.26. The van der Waals surface area contributed by atoms with E-state index in [0.29, 0.717) is 5.92 Å². The number of carbonyl (C=O) groups is 1. The van der Waals surface area contributed by atoms with E-state index in [-0.39, 0.29) is 23.4 Å². The molecule has 94 valence electrons. The molecule has 2 aliphatic carbocycles. The van der Waals surface area contributed by atoms with Crippen molar-refractivity contribution in [1.29, 1.82) is 0 Å². The van der Waals surface area contributed by atoms with E-state index in [0.717, 1.165) is 31.0 Å². The third-order valence-electron chi connectivity index (χ3n) is 3.80. The molecule has 2 aliphatic rings. The Balaban J connectivity index is 1.75. The summed E-state index contributed by atoms with van der Waals surface area (Å²) in [7, 11) is 0. The normalized spacial score (nSPS) is 28.7. The summed E-state index contributed by atoms with van der Waals surface area (Å²) < 4.78 is 26.4. The maximum absolute atomic E-state index is 13.4. The van der Waals surface area contributed by atoms with E-state index < -0.39 is 11.6 Å². The lowest BCUT2D eigenvalue weighted by molar-refractivity contribution is -0.120. The highest BCUT2D eigenvalue weighted by atomic mass is 19.1. The molecular formula is C14H13F2NO.